The molecule has 0 radical (unpaired) electrons. The average molecular weight is 237 g/mol. The minimum atomic E-state index is -0.306. The average Bonchev–Trinajstić information content (AvgIpc) is 2.80. The normalized spacial score (nSPS) is 14.1. The van der Waals surface area contributed by atoms with E-state index in [0.29, 0.717) is 24.1 Å². The van der Waals surface area contributed by atoms with Crippen LogP contribution in [0.2, 0.25) is 0 Å². The van der Waals surface area contributed by atoms with E-state index >= 15 is 0 Å². The van der Waals surface area contributed by atoms with E-state index < -0.39 is 0 Å². The predicted molar refractivity (Wildman–Crippen MR) is 65.3 cm³/mol. The first-order valence-electron chi connectivity index (χ1n) is 5.88. The summed E-state index contributed by atoms with van der Waals surface area (Å²) in [5, 5.41) is 0. The number of hydrogen-bond donors (Lipinski definition) is 1. The van der Waals surface area contributed by atoms with Crippen LogP contribution in [0.5, 0.6) is 0 Å². The first kappa shape index (κ1) is 13.5. The van der Waals surface area contributed by atoms with Crippen LogP contribution in [0.15, 0.2) is 30.9 Å². The van der Waals surface area contributed by atoms with Crippen molar-refractivity contribution in [3.63, 3.8) is 0 Å². The van der Waals surface area contributed by atoms with Crippen LogP contribution in [-0.2, 0) is 9.53 Å². The Bertz CT molecular complexity index is 371. The van der Waals surface area contributed by atoms with Gasteiger partial charge in [-0.15, -0.1) is 0 Å². The van der Waals surface area contributed by atoms with Crippen LogP contribution >= 0.6 is 0 Å². The fourth-order valence-corrected chi connectivity index (χ4v) is 1.55. The second-order valence-electron chi connectivity index (χ2n) is 4.48. The summed E-state index contributed by atoms with van der Waals surface area (Å²) < 4.78 is 7.20. The highest BCUT2D eigenvalue weighted by atomic mass is 16.5. The summed E-state index contributed by atoms with van der Waals surface area (Å²) in [5.41, 5.74) is 0.450. The van der Waals surface area contributed by atoms with Crippen molar-refractivity contribution in [2.45, 2.75) is 33.2 Å². The number of esters is 1. The third-order valence-electron chi connectivity index (χ3n) is 3.02. The smallest absolute Gasteiger partial charge is 0.333 e. The number of nitrogens with zero attached hydrogens (tertiary/aromatic N) is 1. The van der Waals surface area contributed by atoms with Gasteiger partial charge in [0.15, 0.2) is 0 Å². The Labute approximate surface area is 102 Å². The monoisotopic (exact) mass is 237 g/mol. The molecule has 1 aromatic heterocycles. The summed E-state index contributed by atoms with van der Waals surface area (Å²) >= 11 is 0. The summed E-state index contributed by atoms with van der Waals surface area (Å²) in [5.74, 6) is 0.132. The van der Waals surface area contributed by atoms with E-state index in [1.54, 1.807) is 6.92 Å². The maximum absolute atomic E-state index is 11.2. The van der Waals surface area contributed by atoms with E-state index in [9.17, 15) is 4.79 Å². The van der Waals surface area contributed by atoms with Gasteiger partial charge in [-0.1, -0.05) is 13.5 Å². The fraction of sp³-hybridized carbons (Fsp3) is 0.538. The van der Waals surface area contributed by atoms with Crippen LogP contribution in [0.3, 0.4) is 0 Å². The van der Waals surface area contributed by atoms with Crippen molar-refractivity contribution in [3.8, 4) is 0 Å². The molecule has 4 nitrogen and oxygen atoms in total. The molecule has 0 aliphatic heterocycles. The molecule has 2 atom stereocenters. The molecule has 1 aromatic rings. The zero-order chi connectivity index (χ0) is 12.8. The van der Waals surface area contributed by atoms with Crippen molar-refractivity contribution in [1.82, 2.24) is 4.98 Å². The fourth-order valence-electron chi connectivity index (χ4n) is 1.55. The Morgan fingerprint density at radius 1 is 1.53 bits per heavy atom. The van der Waals surface area contributed by atoms with Crippen LogP contribution in [0, 0.1) is 5.92 Å². The number of nitrogens with one attached hydrogen (secondary N) is 1. The quantitative estimate of drug-likeness (QED) is 0.467. The number of H-pyrrole nitrogens is 1. The zero-order valence-corrected chi connectivity index (χ0v) is 10.8. The number of rotatable bonds is 6. The lowest BCUT2D eigenvalue weighted by Gasteiger charge is -2.16. The summed E-state index contributed by atoms with van der Waals surface area (Å²) in [7, 11) is 0. The van der Waals surface area contributed by atoms with Gasteiger partial charge in [-0.3, -0.25) is 4.98 Å². The van der Waals surface area contributed by atoms with Gasteiger partial charge in [-0.2, -0.15) is 0 Å². The predicted octanol–water partition coefficient (Wildman–Crippen LogP) is 2.01. The highest BCUT2D eigenvalue weighted by molar-refractivity contribution is 5.86. The highest BCUT2D eigenvalue weighted by Crippen LogP contribution is 2.14. The molecular formula is C13H21N2O2+. The molecule has 0 saturated heterocycles. The van der Waals surface area contributed by atoms with Gasteiger partial charge in [0.1, 0.15) is 18.4 Å². The molecule has 0 aliphatic carbocycles. The molecular weight excluding hydrogens is 216 g/mol. The van der Waals surface area contributed by atoms with Crippen LogP contribution in [0.1, 0.15) is 33.2 Å². The molecule has 0 aromatic carbocycles. The van der Waals surface area contributed by atoms with E-state index in [-0.39, 0.29) is 5.97 Å². The van der Waals surface area contributed by atoms with Crippen molar-refractivity contribution in [2.24, 2.45) is 5.92 Å². The molecule has 1 N–H and O–H groups in total. The van der Waals surface area contributed by atoms with Gasteiger partial charge >= 0.3 is 5.97 Å². The Morgan fingerprint density at radius 3 is 2.76 bits per heavy atom. The number of carbonyl (C=O) groups is 1. The van der Waals surface area contributed by atoms with Gasteiger partial charge in [0.05, 0.1) is 6.61 Å². The second kappa shape index (κ2) is 6.23. The van der Waals surface area contributed by atoms with Crippen LogP contribution in [0.4, 0.5) is 0 Å². The SMILES string of the molecule is C=C(C)C(=O)OCCC(C)C(C)[n+]1cc[nH]c1. The molecule has 0 bridgehead atoms. The lowest BCUT2D eigenvalue weighted by Crippen LogP contribution is -2.39. The van der Waals surface area contributed by atoms with Crippen molar-refractivity contribution < 1.29 is 14.1 Å². The molecule has 0 spiro atoms. The van der Waals surface area contributed by atoms with E-state index in [0.717, 1.165) is 6.42 Å². The molecule has 0 aliphatic rings. The first-order valence-corrected chi connectivity index (χ1v) is 5.88. The molecule has 1 rings (SSSR count). The second-order valence-corrected chi connectivity index (χ2v) is 4.48. The van der Waals surface area contributed by atoms with Gasteiger partial charge in [-0.25, -0.2) is 9.36 Å². The Balaban J connectivity index is 2.32. The van der Waals surface area contributed by atoms with Gasteiger partial charge in [-0.05, 0) is 26.2 Å². The Kier molecular flexibility index (Phi) is 4.94. The van der Waals surface area contributed by atoms with Crippen molar-refractivity contribution in [3.05, 3.63) is 30.9 Å². The molecule has 2 unspecified atom stereocenters. The molecule has 4 heteroatoms. The summed E-state index contributed by atoms with van der Waals surface area (Å²) in [6, 6.07) is 0.379. The van der Waals surface area contributed by atoms with Crippen molar-refractivity contribution in [2.75, 3.05) is 6.61 Å². The maximum Gasteiger partial charge on any atom is 0.333 e. The van der Waals surface area contributed by atoms with E-state index in [2.05, 4.69) is 30.0 Å². The van der Waals surface area contributed by atoms with Gasteiger partial charge in [0.25, 0.3) is 0 Å². The van der Waals surface area contributed by atoms with E-state index in [1.807, 2.05) is 18.7 Å². The number of imidazole rings is 1. The molecule has 0 amide bonds. The summed E-state index contributed by atoms with van der Waals surface area (Å²) in [4.78, 5) is 14.2. The minimum Gasteiger partial charge on any atom is -0.462 e. The molecule has 0 saturated carbocycles. The van der Waals surface area contributed by atoms with Crippen molar-refractivity contribution in [1.29, 1.82) is 0 Å². The summed E-state index contributed by atoms with van der Waals surface area (Å²) in [6.45, 7) is 9.95. The number of hydrogen-bond acceptors (Lipinski definition) is 2. The number of aromatic nitrogens is 2. The minimum absolute atomic E-state index is 0.306. The van der Waals surface area contributed by atoms with E-state index in [4.69, 9.17) is 4.74 Å². The lowest BCUT2D eigenvalue weighted by molar-refractivity contribution is -0.725. The Hall–Kier alpha value is -1.58. The van der Waals surface area contributed by atoms with Gasteiger partial charge in [0.2, 0.25) is 6.33 Å². The molecule has 17 heavy (non-hydrogen) atoms. The van der Waals surface area contributed by atoms with Gasteiger partial charge < -0.3 is 4.74 Å². The highest BCUT2D eigenvalue weighted by Gasteiger charge is 2.18. The molecule has 1 heterocycles. The zero-order valence-electron chi connectivity index (χ0n) is 10.8. The largest absolute Gasteiger partial charge is 0.462 e. The van der Waals surface area contributed by atoms with Crippen LogP contribution in [-0.4, -0.2) is 17.6 Å². The third kappa shape index (κ3) is 4.06. The standard InChI is InChI=1S/C13H20N2O2/c1-10(2)13(16)17-8-5-11(3)12(4)15-7-6-14-9-15/h6-7,9,11-12H,1,5,8H2,2-4H3/p+1. The molecule has 0 fully saturated rings. The van der Waals surface area contributed by atoms with Crippen molar-refractivity contribution >= 4 is 5.97 Å². The Morgan fingerprint density at radius 2 is 2.24 bits per heavy atom. The van der Waals surface area contributed by atoms with Gasteiger partial charge in [0, 0.05) is 5.57 Å². The first-order chi connectivity index (χ1) is 8.02. The van der Waals surface area contributed by atoms with Crippen LogP contribution < -0.4 is 4.57 Å². The number of aromatic amines is 1. The number of ether oxygens (including phenoxy) is 1. The third-order valence-corrected chi connectivity index (χ3v) is 3.02. The van der Waals surface area contributed by atoms with Crippen LogP contribution in [0.25, 0.3) is 0 Å². The summed E-state index contributed by atoms with van der Waals surface area (Å²) in [6.07, 6.45) is 6.67. The topological polar surface area (TPSA) is 46.0 Å². The number of carbonyl (C=O) groups excluding carboxylic acids is 1. The maximum atomic E-state index is 11.2. The van der Waals surface area contributed by atoms with E-state index in [1.165, 1.54) is 0 Å². The lowest BCUT2D eigenvalue weighted by atomic mass is 10.0. The molecule has 94 valence electrons.